The third kappa shape index (κ3) is 3.72. The topological polar surface area (TPSA) is 55.1 Å². The third-order valence-corrected chi connectivity index (χ3v) is 2.82. The second kappa shape index (κ2) is 6.24. The van der Waals surface area contributed by atoms with E-state index in [1.807, 2.05) is 26.1 Å². The van der Waals surface area contributed by atoms with E-state index >= 15 is 0 Å². The molecule has 0 saturated carbocycles. The predicted octanol–water partition coefficient (Wildman–Crippen LogP) is 2.53. The van der Waals surface area contributed by atoms with Crippen LogP contribution in [0.4, 0.5) is 0 Å². The minimum absolute atomic E-state index is 0.605. The molecular formula is C14H18N4O. The van der Waals surface area contributed by atoms with Crippen LogP contribution in [0.15, 0.2) is 40.7 Å². The SMILES string of the molecule is C/C=C(\C)CN(C)Cc1nc(-c2ccncc2)no1. The van der Waals surface area contributed by atoms with Crippen LogP contribution in [0.1, 0.15) is 19.7 Å². The number of hydrogen-bond acceptors (Lipinski definition) is 5. The summed E-state index contributed by atoms with van der Waals surface area (Å²) in [5.74, 6) is 1.23. The zero-order valence-corrected chi connectivity index (χ0v) is 11.5. The number of nitrogens with zero attached hydrogens (tertiary/aromatic N) is 4. The molecule has 2 heterocycles. The van der Waals surface area contributed by atoms with Crippen LogP contribution in [0.25, 0.3) is 11.4 Å². The highest BCUT2D eigenvalue weighted by atomic mass is 16.5. The summed E-state index contributed by atoms with van der Waals surface area (Å²) < 4.78 is 5.26. The molecule has 0 atom stereocenters. The lowest BCUT2D eigenvalue weighted by molar-refractivity contribution is 0.281. The van der Waals surface area contributed by atoms with Gasteiger partial charge in [0.2, 0.25) is 11.7 Å². The molecule has 0 amide bonds. The van der Waals surface area contributed by atoms with Crippen molar-refractivity contribution in [1.29, 1.82) is 0 Å². The second-order valence-electron chi connectivity index (χ2n) is 4.55. The Bertz CT molecular complexity index is 548. The average Bonchev–Trinajstić information content (AvgIpc) is 2.88. The van der Waals surface area contributed by atoms with E-state index in [0.29, 0.717) is 18.3 Å². The van der Waals surface area contributed by atoms with Gasteiger partial charge in [-0.2, -0.15) is 4.98 Å². The Kier molecular flexibility index (Phi) is 4.41. The van der Waals surface area contributed by atoms with Gasteiger partial charge in [-0.05, 0) is 33.0 Å². The Morgan fingerprint density at radius 2 is 2.11 bits per heavy atom. The molecule has 100 valence electrons. The van der Waals surface area contributed by atoms with E-state index in [1.54, 1.807) is 12.4 Å². The van der Waals surface area contributed by atoms with E-state index in [-0.39, 0.29) is 0 Å². The van der Waals surface area contributed by atoms with Gasteiger partial charge in [0.1, 0.15) is 0 Å². The van der Waals surface area contributed by atoms with Crippen molar-refractivity contribution in [2.24, 2.45) is 0 Å². The molecule has 0 aliphatic rings. The molecule has 19 heavy (non-hydrogen) atoms. The van der Waals surface area contributed by atoms with Crippen LogP contribution < -0.4 is 0 Å². The summed E-state index contributed by atoms with van der Waals surface area (Å²) in [6, 6.07) is 3.73. The molecule has 0 N–H and O–H groups in total. The first-order valence-electron chi connectivity index (χ1n) is 6.22. The number of likely N-dealkylation sites (N-methyl/N-ethyl adjacent to an activating group) is 1. The van der Waals surface area contributed by atoms with Gasteiger partial charge < -0.3 is 4.52 Å². The standard InChI is InChI=1S/C14H18N4O/c1-4-11(2)9-18(3)10-13-16-14(17-19-13)12-5-7-15-8-6-12/h4-8H,9-10H2,1-3H3/b11-4+. The molecule has 0 bridgehead atoms. The van der Waals surface area contributed by atoms with Crippen LogP contribution >= 0.6 is 0 Å². The van der Waals surface area contributed by atoms with Gasteiger partial charge >= 0.3 is 0 Å². The van der Waals surface area contributed by atoms with Crippen molar-refractivity contribution in [3.05, 3.63) is 42.1 Å². The molecule has 0 aliphatic heterocycles. The first-order valence-corrected chi connectivity index (χ1v) is 6.22. The van der Waals surface area contributed by atoms with Crippen molar-refractivity contribution < 1.29 is 4.52 Å². The fourth-order valence-electron chi connectivity index (χ4n) is 1.74. The van der Waals surface area contributed by atoms with Crippen LogP contribution in [-0.4, -0.2) is 33.6 Å². The fraction of sp³-hybridized carbons (Fsp3) is 0.357. The molecule has 2 rings (SSSR count). The smallest absolute Gasteiger partial charge is 0.241 e. The Morgan fingerprint density at radius 3 is 2.79 bits per heavy atom. The van der Waals surface area contributed by atoms with Gasteiger partial charge in [-0.25, -0.2) is 0 Å². The van der Waals surface area contributed by atoms with Crippen LogP contribution in [-0.2, 0) is 6.54 Å². The molecule has 0 unspecified atom stereocenters. The lowest BCUT2D eigenvalue weighted by Gasteiger charge is -2.13. The van der Waals surface area contributed by atoms with Crippen molar-refractivity contribution in [3.8, 4) is 11.4 Å². The number of rotatable bonds is 5. The molecule has 0 spiro atoms. The average molecular weight is 258 g/mol. The molecule has 0 radical (unpaired) electrons. The van der Waals surface area contributed by atoms with Gasteiger partial charge in [-0.1, -0.05) is 16.8 Å². The number of aromatic nitrogens is 3. The van der Waals surface area contributed by atoms with E-state index in [1.165, 1.54) is 5.57 Å². The van der Waals surface area contributed by atoms with Gasteiger partial charge in [-0.3, -0.25) is 9.88 Å². The maximum absolute atomic E-state index is 5.26. The molecule has 0 aromatic carbocycles. The molecule has 2 aromatic rings. The third-order valence-electron chi connectivity index (χ3n) is 2.82. The maximum atomic E-state index is 5.26. The predicted molar refractivity (Wildman–Crippen MR) is 73.3 cm³/mol. The summed E-state index contributed by atoms with van der Waals surface area (Å²) in [6.45, 7) is 5.68. The van der Waals surface area contributed by atoms with Crippen LogP contribution in [0, 0.1) is 0 Å². The molecule has 0 fully saturated rings. The van der Waals surface area contributed by atoms with E-state index in [0.717, 1.165) is 12.1 Å². The molecule has 5 nitrogen and oxygen atoms in total. The highest BCUT2D eigenvalue weighted by molar-refractivity contribution is 5.52. The number of pyridine rings is 1. The van der Waals surface area contributed by atoms with E-state index in [4.69, 9.17) is 4.52 Å². The first-order chi connectivity index (χ1) is 9.19. The Hall–Kier alpha value is -2.01. The van der Waals surface area contributed by atoms with Crippen molar-refractivity contribution in [3.63, 3.8) is 0 Å². The fourth-order valence-corrected chi connectivity index (χ4v) is 1.74. The van der Waals surface area contributed by atoms with Gasteiger partial charge in [0.05, 0.1) is 6.54 Å². The van der Waals surface area contributed by atoms with Crippen LogP contribution in [0.2, 0.25) is 0 Å². The lowest BCUT2D eigenvalue weighted by Crippen LogP contribution is -2.20. The van der Waals surface area contributed by atoms with Crippen molar-refractivity contribution >= 4 is 0 Å². The lowest BCUT2D eigenvalue weighted by atomic mass is 10.2. The summed E-state index contributed by atoms with van der Waals surface area (Å²) in [5.41, 5.74) is 2.23. The van der Waals surface area contributed by atoms with E-state index < -0.39 is 0 Å². The molecule has 0 saturated heterocycles. The van der Waals surface area contributed by atoms with E-state index in [9.17, 15) is 0 Å². The molecule has 2 aromatic heterocycles. The second-order valence-corrected chi connectivity index (χ2v) is 4.55. The molecule has 5 heteroatoms. The summed E-state index contributed by atoms with van der Waals surface area (Å²) in [7, 11) is 2.03. The maximum Gasteiger partial charge on any atom is 0.241 e. The summed E-state index contributed by atoms with van der Waals surface area (Å²) in [5, 5.41) is 3.98. The van der Waals surface area contributed by atoms with Crippen molar-refractivity contribution in [1.82, 2.24) is 20.0 Å². The quantitative estimate of drug-likeness (QED) is 0.771. The summed E-state index contributed by atoms with van der Waals surface area (Å²) in [6.07, 6.45) is 5.53. The first kappa shape index (κ1) is 13.4. The minimum atomic E-state index is 0.605. The number of hydrogen-bond donors (Lipinski definition) is 0. The zero-order valence-electron chi connectivity index (χ0n) is 11.5. The van der Waals surface area contributed by atoms with Gasteiger partial charge in [-0.15, -0.1) is 0 Å². The van der Waals surface area contributed by atoms with Crippen LogP contribution in [0.3, 0.4) is 0 Å². The van der Waals surface area contributed by atoms with Crippen LogP contribution in [0.5, 0.6) is 0 Å². The zero-order chi connectivity index (χ0) is 13.7. The highest BCUT2D eigenvalue weighted by Crippen LogP contribution is 2.14. The van der Waals surface area contributed by atoms with Crippen molar-refractivity contribution in [2.75, 3.05) is 13.6 Å². The highest BCUT2D eigenvalue weighted by Gasteiger charge is 2.10. The molecule has 0 aliphatic carbocycles. The summed E-state index contributed by atoms with van der Waals surface area (Å²) in [4.78, 5) is 10.5. The van der Waals surface area contributed by atoms with Gasteiger partial charge in [0.25, 0.3) is 0 Å². The molecular weight excluding hydrogens is 240 g/mol. The van der Waals surface area contributed by atoms with E-state index in [2.05, 4.69) is 33.0 Å². The Labute approximate surface area is 113 Å². The number of allylic oxidation sites excluding steroid dienone is 1. The van der Waals surface area contributed by atoms with Crippen molar-refractivity contribution in [2.45, 2.75) is 20.4 Å². The minimum Gasteiger partial charge on any atom is -0.338 e. The van der Waals surface area contributed by atoms with Gasteiger partial charge in [0.15, 0.2) is 0 Å². The normalized spacial score (nSPS) is 12.1. The summed E-state index contributed by atoms with van der Waals surface area (Å²) >= 11 is 0. The Morgan fingerprint density at radius 1 is 1.37 bits per heavy atom. The monoisotopic (exact) mass is 258 g/mol. The van der Waals surface area contributed by atoms with Gasteiger partial charge in [0, 0.05) is 24.5 Å². The Balaban J connectivity index is 2.02. The largest absolute Gasteiger partial charge is 0.338 e.